The monoisotopic (exact) mass is 466 g/mol. The van der Waals surface area contributed by atoms with E-state index in [4.69, 9.17) is 17.3 Å². The second-order valence-corrected chi connectivity index (χ2v) is 9.30. The van der Waals surface area contributed by atoms with Gasteiger partial charge in [-0.25, -0.2) is 4.39 Å². The molecule has 0 bridgehead atoms. The average molecular weight is 467 g/mol. The highest BCUT2D eigenvalue weighted by Crippen LogP contribution is 2.51. The predicted octanol–water partition coefficient (Wildman–Crippen LogP) is 5.33. The number of nitrogens with zero attached hydrogens (tertiary/aromatic N) is 3. The first-order valence-corrected chi connectivity index (χ1v) is 10.6. The van der Waals surface area contributed by atoms with Crippen LogP contribution >= 0.6 is 11.6 Å². The van der Waals surface area contributed by atoms with E-state index in [1.165, 1.54) is 41.3 Å². The van der Waals surface area contributed by atoms with Crippen LogP contribution in [-0.4, -0.2) is 10.7 Å². The number of hydrogen-bond donors (Lipinski definition) is 1. The second-order valence-electron chi connectivity index (χ2n) is 8.89. The molecule has 7 nitrogen and oxygen atoms in total. The topological polar surface area (TPSA) is 113 Å². The lowest BCUT2D eigenvalue weighted by atomic mass is 9.68. The summed E-state index contributed by atoms with van der Waals surface area (Å²) in [6.45, 7) is 3.84. The Kier molecular flexibility index (Phi) is 5.46. The molecule has 2 aliphatic rings. The lowest BCUT2D eigenvalue weighted by molar-refractivity contribution is -0.384. The molecule has 1 atom stereocenters. The molecule has 0 amide bonds. The number of Topliss-reactive ketones (excluding diaryl/α,β-unsaturated/α-hetero) is 1. The van der Waals surface area contributed by atoms with E-state index in [1.54, 1.807) is 6.07 Å². The van der Waals surface area contributed by atoms with Crippen molar-refractivity contribution >= 4 is 28.8 Å². The molecule has 0 aromatic heterocycles. The van der Waals surface area contributed by atoms with Crippen LogP contribution in [0.1, 0.15) is 38.2 Å². The van der Waals surface area contributed by atoms with Gasteiger partial charge in [0, 0.05) is 40.4 Å². The normalized spacial score (nSPS) is 19.9. The zero-order valence-electron chi connectivity index (χ0n) is 17.9. The van der Waals surface area contributed by atoms with E-state index in [0.717, 1.165) is 0 Å². The number of allylic oxidation sites excluding steroid dienone is 3. The summed E-state index contributed by atoms with van der Waals surface area (Å²) in [6.07, 6.45) is 0.578. The van der Waals surface area contributed by atoms with E-state index in [-0.39, 0.29) is 45.4 Å². The molecule has 1 heterocycles. The molecule has 1 aliphatic heterocycles. The van der Waals surface area contributed by atoms with Crippen LogP contribution in [0.15, 0.2) is 65.1 Å². The minimum absolute atomic E-state index is 0.0120. The van der Waals surface area contributed by atoms with Crippen LogP contribution in [0.3, 0.4) is 0 Å². The Morgan fingerprint density at radius 1 is 1.27 bits per heavy atom. The van der Waals surface area contributed by atoms with Gasteiger partial charge >= 0.3 is 0 Å². The fraction of sp³-hybridized carbons (Fsp3) is 0.250. The summed E-state index contributed by atoms with van der Waals surface area (Å²) in [5.41, 5.74) is 6.88. The largest absolute Gasteiger partial charge is 0.384 e. The van der Waals surface area contributed by atoms with Crippen molar-refractivity contribution in [1.82, 2.24) is 0 Å². The zero-order valence-corrected chi connectivity index (χ0v) is 18.7. The summed E-state index contributed by atoms with van der Waals surface area (Å²) in [6, 6.07) is 12.0. The Balaban J connectivity index is 2.05. The van der Waals surface area contributed by atoms with Gasteiger partial charge in [0.25, 0.3) is 5.69 Å². The van der Waals surface area contributed by atoms with Crippen molar-refractivity contribution in [2.24, 2.45) is 11.1 Å². The van der Waals surface area contributed by atoms with Gasteiger partial charge in [-0.3, -0.25) is 19.8 Å². The third-order valence-corrected chi connectivity index (χ3v) is 6.30. The molecule has 0 spiro atoms. The highest BCUT2D eigenvalue weighted by molar-refractivity contribution is 6.31. The maximum absolute atomic E-state index is 15.0. The molecule has 1 aliphatic carbocycles. The van der Waals surface area contributed by atoms with E-state index < -0.39 is 22.1 Å². The van der Waals surface area contributed by atoms with Crippen LogP contribution in [0.4, 0.5) is 15.8 Å². The van der Waals surface area contributed by atoms with Gasteiger partial charge in [0.15, 0.2) is 5.78 Å². The van der Waals surface area contributed by atoms with E-state index in [0.29, 0.717) is 17.8 Å². The summed E-state index contributed by atoms with van der Waals surface area (Å²) in [5.74, 6) is -1.99. The summed E-state index contributed by atoms with van der Waals surface area (Å²) in [5, 5.41) is 21.5. The molecule has 2 N–H and O–H groups in total. The number of nitro groups is 1. The molecule has 0 saturated carbocycles. The molecule has 33 heavy (non-hydrogen) atoms. The lowest BCUT2D eigenvalue weighted by Crippen LogP contribution is -2.42. The van der Waals surface area contributed by atoms with Gasteiger partial charge in [-0.05, 0) is 30.0 Å². The lowest BCUT2D eigenvalue weighted by Gasteiger charge is -2.43. The number of halogens is 2. The van der Waals surface area contributed by atoms with Gasteiger partial charge in [0.2, 0.25) is 0 Å². The van der Waals surface area contributed by atoms with Gasteiger partial charge in [0.05, 0.1) is 28.2 Å². The Bertz CT molecular complexity index is 1290. The van der Waals surface area contributed by atoms with Crippen LogP contribution < -0.4 is 10.6 Å². The summed E-state index contributed by atoms with van der Waals surface area (Å²) in [7, 11) is 0. The summed E-state index contributed by atoms with van der Waals surface area (Å²) in [4.78, 5) is 25.8. The van der Waals surface area contributed by atoms with Crippen molar-refractivity contribution in [3.63, 3.8) is 0 Å². The van der Waals surface area contributed by atoms with E-state index in [9.17, 15) is 24.6 Å². The molecule has 2 aromatic rings. The maximum Gasteiger partial charge on any atom is 0.271 e. The Morgan fingerprint density at radius 3 is 2.61 bits per heavy atom. The van der Waals surface area contributed by atoms with E-state index in [1.807, 2.05) is 19.9 Å². The number of carbonyl (C=O) groups is 1. The average Bonchev–Trinajstić information content (AvgIpc) is 2.72. The fourth-order valence-corrected chi connectivity index (χ4v) is 4.90. The number of non-ortho nitro benzene ring substituents is 1. The number of anilines is 1. The quantitative estimate of drug-likeness (QED) is 0.483. The van der Waals surface area contributed by atoms with Crippen LogP contribution in [0.2, 0.25) is 5.02 Å². The SMILES string of the molecule is CC1(C)CC(=O)C2=C(C1)N(c1cccc([N+](=O)[O-])c1)C(N)=C(C#N)[C@H]2c1c(F)cccc1Cl. The number of ketones is 1. The maximum atomic E-state index is 15.0. The van der Waals surface area contributed by atoms with Gasteiger partial charge in [-0.2, -0.15) is 5.26 Å². The van der Waals surface area contributed by atoms with Crippen molar-refractivity contribution in [3.05, 3.63) is 91.6 Å². The second kappa shape index (κ2) is 8.01. The molecule has 9 heteroatoms. The van der Waals surface area contributed by atoms with Crippen molar-refractivity contribution in [2.75, 3.05) is 4.90 Å². The van der Waals surface area contributed by atoms with Crippen LogP contribution in [0.5, 0.6) is 0 Å². The van der Waals surface area contributed by atoms with Crippen LogP contribution in [0.25, 0.3) is 0 Å². The minimum Gasteiger partial charge on any atom is -0.384 e. The molecule has 4 rings (SSSR count). The third kappa shape index (κ3) is 3.74. The van der Waals surface area contributed by atoms with Crippen LogP contribution in [-0.2, 0) is 4.79 Å². The molecule has 0 saturated heterocycles. The number of rotatable bonds is 3. The van der Waals surface area contributed by atoms with E-state index >= 15 is 0 Å². The van der Waals surface area contributed by atoms with Crippen molar-refractivity contribution in [3.8, 4) is 6.07 Å². The highest BCUT2D eigenvalue weighted by atomic mass is 35.5. The number of nitriles is 1. The number of nitro benzene ring substituents is 1. The molecule has 2 aromatic carbocycles. The Hall–Kier alpha value is -3.70. The molecular weight excluding hydrogens is 447 g/mol. The number of nitrogens with two attached hydrogens (primary N) is 1. The van der Waals surface area contributed by atoms with Crippen molar-refractivity contribution < 1.29 is 14.1 Å². The Labute approximate surface area is 194 Å². The Morgan fingerprint density at radius 2 is 1.97 bits per heavy atom. The van der Waals surface area contributed by atoms with E-state index in [2.05, 4.69) is 0 Å². The van der Waals surface area contributed by atoms with Gasteiger partial charge in [-0.15, -0.1) is 0 Å². The summed E-state index contributed by atoms with van der Waals surface area (Å²) < 4.78 is 15.0. The standard InChI is InChI=1S/C24H20ClFN4O3/c1-24(2)10-18-22(19(31)11-24)20(21-16(25)7-4-8-17(21)26)15(12-27)23(28)29(18)13-5-3-6-14(9-13)30(32)33/h3-9,20H,10-11,28H2,1-2H3/t20-/m0/s1. The number of benzene rings is 2. The smallest absolute Gasteiger partial charge is 0.271 e. The molecule has 0 unspecified atom stereocenters. The van der Waals surface area contributed by atoms with Gasteiger partial charge in [-0.1, -0.05) is 37.6 Å². The fourth-order valence-electron chi connectivity index (χ4n) is 4.62. The van der Waals surface area contributed by atoms with Crippen molar-refractivity contribution in [1.29, 1.82) is 5.26 Å². The molecular formula is C24H20ClFN4O3. The highest BCUT2D eigenvalue weighted by Gasteiger charge is 2.46. The molecule has 0 fully saturated rings. The zero-order chi connectivity index (χ0) is 24.1. The third-order valence-electron chi connectivity index (χ3n) is 5.97. The summed E-state index contributed by atoms with van der Waals surface area (Å²) >= 11 is 6.34. The molecule has 0 radical (unpaired) electrons. The minimum atomic E-state index is -1.07. The number of carbonyl (C=O) groups excluding carboxylic acids is 1. The first kappa shape index (κ1) is 22.5. The van der Waals surface area contributed by atoms with Crippen molar-refractivity contribution in [2.45, 2.75) is 32.6 Å². The van der Waals surface area contributed by atoms with Crippen LogP contribution in [0, 0.1) is 32.7 Å². The number of hydrogen-bond acceptors (Lipinski definition) is 6. The first-order chi connectivity index (χ1) is 15.6. The first-order valence-electron chi connectivity index (χ1n) is 10.2. The van der Waals surface area contributed by atoms with Gasteiger partial charge in [0.1, 0.15) is 11.6 Å². The predicted molar refractivity (Wildman–Crippen MR) is 122 cm³/mol. The van der Waals surface area contributed by atoms with Gasteiger partial charge < -0.3 is 5.73 Å². The molecule has 168 valence electrons.